The summed E-state index contributed by atoms with van der Waals surface area (Å²) in [6.07, 6.45) is 0. The van der Waals surface area contributed by atoms with Crippen LogP contribution in [0.3, 0.4) is 0 Å². The van der Waals surface area contributed by atoms with E-state index in [9.17, 15) is 4.39 Å². The minimum atomic E-state index is -0.256. The van der Waals surface area contributed by atoms with E-state index in [0.717, 1.165) is 0 Å². The molecule has 0 aliphatic heterocycles. The molecule has 0 aromatic heterocycles. The second kappa shape index (κ2) is 3.89. The predicted octanol–water partition coefficient (Wildman–Crippen LogP) is 1.49. The van der Waals surface area contributed by atoms with E-state index < -0.39 is 0 Å². The summed E-state index contributed by atoms with van der Waals surface area (Å²) in [5.41, 5.74) is 6.62. The third kappa shape index (κ3) is 2.43. The molecule has 4 heteroatoms. The Kier molecular flexibility index (Phi) is 2.84. The fraction of sp³-hybridized carbons (Fsp3) is 0.222. The lowest BCUT2D eigenvalue weighted by Gasteiger charge is -2.05. The van der Waals surface area contributed by atoms with Crippen molar-refractivity contribution in [3.05, 3.63) is 29.6 Å². The number of benzene rings is 1. The third-order valence-corrected chi connectivity index (χ3v) is 1.69. The van der Waals surface area contributed by atoms with Crippen molar-refractivity contribution < 1.29 is 4.39 Å². The molecule has 3 nitrogen and oxygen atoms in total. The van der Waals surface area contributed by atoms with Gasteiger partial charge >= 0.3 is 0 Å². The zero-order valence-electron chi connectivity index (χ0n) is 7.63. The first kappa shape index (κ1) is 9.51. The number of aryl methyl sites for hydroxylation is 1. The Balaban J connectivity index is 2.86. The van der Waals surface area contributed by atoms with Crippen LogP contribution in [0.4, 0.5) is 10.1 Å². The van der Waals surface area contributed by atoms with Crippen LogP contribution in [0.15, 0.2) is 23.2 Å². The van der Waals surface area contributed by atoms with Crippen LogP contribution in [0.5, 0.6) is 0 Å². The molecule has 13 heavy (non-hydrogen) atoms. The van der Waals surface area contributed by atoms with Gasteiger partial charge in [-0.15, -0.1) is 0 Å². The molecule has 0 aliphatic carbocycles. The van der Waals surface area contributed by atoms with Crippen molar-refractivity contribution in [2.75, 3.05) is 12.4 Å². The molecule has 0 heterocycles. The number of anilines is 1. The summed E-state index contributed by atoms with van der Waals surface area (Å²) in [4.78, 5) is 3.70. The maximum atomic E-state index is 13.0. The van der Waals surface area contributed by atoms with Gasteiger partial charge in [0.1, 0.15) is 5.82 Å². The topological polar surface area (TPSA) is 50.4 Å². The molecule has 0 aliphatic rings. The summed E-state index contributed by atoms with van der Waals surface area (Å²) in [5.74, 6) is 0.0113. The molecule has 1 aromatic carbocycles. The third-order valence-electron chi connectivity index (χ3n) is 1.69. The number of nitrogens with zero attached hydrogens (tertiary/aromatic N) is 1. The van der Waals surface area contributed by atoms with Gasteiger partial charge in [0.2, 0.25) is 0 Å². The first-order chi connectivity index (χ1) is 6.13. The number of nitrogens with one attached hydrogen (secondary N) is 1. The fourth-order valence-electron chi connectivity index (χ4n) is 0.874. The van der Waals surface area contributed by atoms with Crippen LogP contribution < -0.4 is 11.1 Å². The van der Waals surface area contributed by atoms with E-state index in [2.05, 4.69) is 10.3 Å². The Morgan fingerprint density at radius 2 is 2.23 bits per heavy atom. The summed E-state index contributed by atoms with van der Waals surface area (Å²) >= 11 is 0. The van der Waals surface area contributed by atoms with E-state index in [1.165, 1.54) is 6.07 Å². The summed E-state index contributed by atoms with van der Waals surface area (Å²) in [6.45, 7) is 1.70. The summed E-state index contributed by atoms with van der Waals surface area (Å²) in [5, 5.41) is 2.75. The molecule has 0 saturated heterocycles. The zero-order chi connectivity index (χ0) is 9.84. The van der Waals surface area contributed by atoms with Gasteiger partial charge in [-0.3, -0.25) is 4.99 Å². The first-order valence-electron chi connectivity index (χ1n) is 3.89. The standard InChI is InChI=1S/C9H12FN3/c1-6-3-4-7(5-8(6)10)13-9(11)12-2/h3-5H,1-2H3,(H3,11,12,13). The molecule has 1 rings (SSSR count). The van der Waals surface area contributed by atoms with Crippen LogP contribution in [0, 0.1) is 12.7 Å². The van der Waals surface area contributed by atoms with E-state index in [-0.39, 0.29) is 11.8 Å². The van der Waals surface area contributed by atoms with E-state index in [1.807, 2.05) is 0 Å². The SMILES string of the molecule is CN=C(N)Nc1ccc(C)c(F)c1. The van der Waals surface area contributed by atoms with Gasteiger partial charge in [0.25, 0.3) is 0 Å². The van der Waals surface area contributed by atoms with Crippen molar-refractivity contribution >= 4 is 11.6 Å². The Morgan fingerprint density at radius 1 is 1.54 bits per heavy atom. The lowest BCUT2D eigenvalue weighted by Crippen LogP contribution is -2.22. The Hall–Kier alpha value is -1.58. The van der Waals surface area contributed by atoms with Gasteiger partial charge in [-0.25, -0.2) is 4.39 Å². The second-order valence-electron chi connectivity index (χ2n) is 2.70. The van der Waals surface area contributed by atoms with Gasteiger partial charge in [-0.2, -0.15) is 0 Å². The normalized spacial score (nSPS) is 11.5. The highest BCUT2D eigenvalue weighted by Crippen LogP contribution is 2.12. The van der Waals surface area contributed by atoms with Crippen molar-refractivity contribution in [2.24, 2.45) is 10.7 Å². The molecular formula is C9H12FN3. The molecule has 0 radical (unpaired) electrons. The lowest BCUT2D eigenvalue weighted by atomic mass is 10.2. The van der Waals surface area contributed by atoms with Crippen molar-refractivity contribution in [3.8, 4) is 0 Å². The van der Waals surface area contributed by atoms with Crippen LogP contribution in [0.2, 0.25) is 0 Å². The van der Waals surface area contributed by atoms with Crippen molar-refractivity contribution in [3.63, 3.8) is 0 Å². The van der Waals surface area contributed by atoms with Crippen LogP contribution >= 0.6 is 0 Å². The van der Waals surface area contributed by atoms with Crippen LogP contribution in [0.25, 0.3) is 0 Å². The Labute approximate surface area is 76.5 Å². The Bertz CT molecular complexity index is 334. The molecule has 70 valence electrons. The van der Waals surface area contributed by atoms with E-state index in [4.69, 9.17) is 5.73 Å². The summed E-state index contributed by atoms with van der Waals surface area (Å²) in [7, 11) is 1.56. The van der Waals surface area contributed by atoms with E-state index in [0.29, 0.717) is 11.3 Å². The largest absolute Gasteiger partial charge is 0.370 e. The lowest BCUT2D eigenvalue weighted by molar-refractivity contribution is 0.619. The second-order valence-corrected chi connectivity index (χ2v) is 2.70. The first-order valence-corrected chi connectivity index (χ1v) is 3.89. The maximum absolute atomic E-state index is 13.0. The van der Waals surface area contributed by atoms with E-state index in [1.54, 1.807) is 26.1 Å². The van der Waals surface area contributed by atoms with Gasteiger partial charge in [0.05, 0.1) is 0 Å². The highest BCUT2D eigenvalue weighted by Gasteiger charge is 1.99. The predicted molar refractivity (Wildman–Crippen MR) is 52.3 cm³/mol. The number of hydrogen-bond acceptors (Lipinski definition) is 1. The molecule has 0 atom stereocenters. The summed E-state index contributed by atoms with van der Waals surface area (Å²) in [6, 6.07) is 4.81. The molecule has 3 N–H and O–H groups in total. The Morgan fingerprint density at radius 3 is 2.77 bits per heavy atom. The average Bonchev–Trinajstić information content (AvgIpc) is 2.11. The minimum Gasteiger partial charge on any atom is -0.370 e. The number of nitrogens with two attached hydrogens (primary N) is 1. The van der Waals surface area contributed by atoms with Crippen molar-refractivity contribution in [1.29, 1.82) is 0 Å². The molecule has 1 aromatic rings. The molecule has 0 bridgehead atoms. The summed E-state index contributed by atoms with van der Waals surface area (Å²) < 4.78 is 13.0. The number of halogens is 1. The van der Waals surface area contributed by atoms with E-state index >= 15 is 0 Å². The molecular weight excluding hydrogens is 169 g/mol. The van der Waals surface area contributed by atoms with Crippen LogP contribution in [0.1, 0.15) is 5.56 Å². The smallest absolute Gasteiger partial charge is 0.192 e. The highest BCUT2D eigenvalue weighted by molar-refractivity contribution is 5.92. The monoisotopic (exact) mass is 181 g/mol. The average molecular weight is 181 g/mol. The fourth-order valence-corrected chi connectivity index (χ4v) is 0.874. The van der Waals surface area contributed by atoms with Gasteiger partial charge in [-0.05, 0) is 24.6 Å². The zero-order valence-corrected chi connectivity index (χ0v) is 7.63. The molecule has 0 amide bonds. The minimum absolute atomic E-state index is 0.256. The number of aliphatic imine (C=N–C) groups is 1. The van der Waals surface area contributed by atoms with Crippen LogP contribution in [-0.4, -0.2) is 13.0 Å². The van der Waals surface area contributed by atoms with Gasteiger partial charge < -0.3 is 11.1 Å². The van der Waals surface area contributed by atoms with Gasteiger partial charge in [0, 0.05) is 12.7 Å². The van der Waals surface area contributed by atoms with Gasteiger partial charge in [0.15, 0.2) is 5.96 Å². The van der Waals surface area contributed by atoms with Crippen LogP contribution in [-0.2, 0) is 0 Å². The molecule has 0 unspecified atom stereocenters. The molecule has 0 fully saturated rings. The quantitative estimate of drug-likeness (QED) is 0.509. The molecule has 0 saturated carbocycles. The van der Waals surface area contributed by atoms with Crippen molar-refractivity contribution in [2.45, 2.75) is 6.92 Å². The van der Waals surface area contributed by atoms with Gasteiger partial charge in [-0.1, -0.05) is 6.07 Å². The highest BCUT2D eigenvalue weighted by atomic mass is 19.1. The number of guanidine groups is 1. The number of hydrogen-bond donors (Lipinski definition) is 2. The maximum Gasteiger partial charge on any atom is 0.192 e. The molecule has 0 spiro atoms. The van der Waals surface area contributed by atoms with Crippen molar-refractivity contribution in [1.82, 2.24) is 0 Å². The number of rotatable bonds is 1.